The molecule has 3 nitrogen and oxygen atoms in total. The first-order valence-electron chi connectivity index (χ1n) is 5.39. The molecule has 0 saturated heterocycles. The van der Waals surface area contributed by atoms with Crippen LogP contribution in [0.4, 0.5) is 13.2 Å². The predicted molar refractivity (Wildman–Crippen MR) is 66.5 cm³/mol. The van der Waals surface area contributed by atoms with Gasteiger partial charge in [0.25, 0.3) is 0 Å². The van der Waals surface area contributed by atoms with E-state index in [9.17, 15) is 21.6 Å². The molecule has 1 N–H and O–H groups in total. The van der Waals surface area contributed by atoms with E-state index in [2.05, 4.69) is 4.72 Å². The van der Waals surface area contributed by atoms with E-state index in [0.29, 0.717) is 6.07 Å². The normalized spacial score (nSPS) is 14.4. The third kappa shape index (κ3) is 4.67. The van der Waals surface area contributed by atoms with E-state index in [1.54, 1.807) is 6.92 Å². The van der Waals surface area contributed by atoms with Gasteiger partial charge in [0.2, 0.25) is 10.0 Å². The van der Waals surface area contributed by atoms with Crippen LogP contribution in [-0.4, -0.2) is 20.8 Å². The van der Waals surface area contributed by atoms with Crippen molar-refractivity contribution in [3.63, 3.8) is 0 Å². The zero-order valence-corrected chi connectivity index (χ0v) is 11.6. The smallest absolute Gasteiger partial charge is 0.211 e. The summed E-state index contributed by atoms with van der Waals surface area (Å²) in [5, 5.41) is 0. The molecule has 1 rings (SSSR count). The van der Waals surface area contributed by atoms with Gasteiger partial charge in [0.15, 0.2) is 0 Å². The highest BCUT2D eigenvalue weighted by atomic mass is 35.5. The van der Waals surface area contributed by atoms with Crippen LogP contribution in [0.15, 0.2) is 29.2 Å². The Hall–Kier alpha value is -0.790. The predicted octanol–water partition coefficient (Wildman–Crippen LogP) is 2.86. The minimum absolute atomic E-state index is 0.0715. The van der Waals surface area contributed by atoms with Gasteiger partial charge in [0.1, 0.15) is 0 Å². The van der Waals surface area contributed by atoms with Crippen molar-refractivity contribution < 1.29 is 21.6 Å². The monoisotopic (exact) mass is 315 g/mol. The average Bonchev–Trinajstić information content (AvgIpc) is 2.35. The van der Waals surface area contributed by atoms with Crippen LogP contribution in [0.5, 0.6) is 0 Å². The molecule has 0 spiro atoms. The van der Waals surface area contributed by atoms with E-state index in [0.717, 1.165) is 18.2 Å². The van der Waals surface area contributed by atoms with Crippen LogP contribution >= 0.6 is 11.6 Å². The van der Waals surface area contributed by atoms with Crippen LogP contribution in [0.3, 0.4) is 0 Å². The van der Waals surface area contributed by atoms with Gasteiger partial charge in [-0.3, -0.25) is 0 Å². The minimum Gasteiger partial charge on any atom is -0.211 e. The Labute approximate surface area is 114 Å². The summed E-state index contributed by atoms with van der Waals surface area (Å²) in [5.41, 5.74) is -0.999. The number of sulfonamides is 1. The van der Waals surface area contributed by atoms with Gasteiger partial charge >= 0.3 is 6.18 Å². The Morgan fingerprint density at radius 2 is 2.00 bits per heavy atom. The second-order valence-electron chi connectivity index (χ2n) is 4.14. The quantitative estimate of drug-likeness (QED) is 0.849. The summed E-state index contributed by atoms with van der Waals surface area (Å²) in [7, 11) is -3.96. The lowest BCUT2D eigenvalue weighted by Gasteiger charge is -2.12. The van der Waals surface area contributed by atoms with E-state index < -0.39 is 26.7 Å². The average molecular weight is 316 g/mol. The van der Waals surface area contributed by atoms with Crippen LogP contribution in [0, 0.1) is 5.92 Å². The molecule has 0 heterocycles. The summed E-state index contributed by atoms with van der Waals surface area (Å²) in [4.78, 5) is -0.413. The van der Waals surface area contributed by atoms with Gasteiger partial charge in [-0.15, -0.1) is 11.6 Å². The number of halogens is 4. The maximum absolute atomic E-state index is 12.5. The van der Waals surface area contributed by atoms with Gasteiger partial charge in [-0.05, 0) is 24.1 Å². The molecule has 0 aliphatic rings. The first-order chi connectivity index (χ1) is 8.66. The molecule has 0 aromatic heterocycles. The molecule has 1 aromatic rings. The van der Waals surface area contributed by atoms with Gasteiger partial charge in [-0.1, -0.05) is 13.0 Å². The fourth-order valence-electron chi connectivity index (χ4n) is 1.23. The van der Waals surface area contributed by atoms with Crippen molar-refractivity contribution in [3.05, 3.63) is 29.8 Å². The van der Waals surface area contributed by atoms with Crippen molar-refractivity contribution >= 4 is 21.6 Å². The molecule has 0 saturated carbocycles. The number of nitrogens with one attached hydrogen (secondary N) is 1. The Morgan fingerprint density at radius 1 is 1.37 bits per heavy atom. The maximum Gasteiger partial charge on any atom is 0.416 e. The van der Waals surface area contributed by atoms with Crippen molar-refractivity contribution in [2.24, 2.45) is 5.92 Å². The molecular weight excluding hydrogens is 303 g/mol. The topological polar surface area (TPSA) is 46.2 Å². The molecule has 19 heavy (non-hydrogen) atoms. The summed E-state index contributed by atoms with van der Waals surface area (Å²) in [6.07, 6.45) is -4.57. The van der Waals surface area contributed by atoms with Crippen LogP contribution in [0.25, 0.3) is 0 Å². The number of benzene rings is 1. The fraction of sp³-hybridized carbons (Fsp3) is 0.455. The van der Waals surface area contributed by atoms with Crippen LogP contribution in [0.2, 0.25) is 0 Å². The fourth-order valence-corrected chi connectivity index (χ4v) is 2.55. The number of hydrogen-bond acceptors (Lipinski definition) is 2. The zero-order valence-electron chi connectivity index (χ0n) is 10.0. The Morgan fingerprint density at radius 3 is 2.53 bits per heavy atom. The van der Waals surface area contributed by atoms with Gasteiger partial charge in [0, 0.05) is 12.4 Å². The van der Waals surface area contributed by atoms with E-state index in [1.165, 1.54) is 0 Å². The summed E-state index contributed by atoms with van der Waals surface area (Å²) in [5.74, 6) is 0.146. The SMILES string of the molecule is CC(CCl)CNS(=O)(=O)c1cccc(C(F)(F)F)c1. The molecule has 0 aliphatic heterocycles. The third-order valence-electron chi connectivity index (χ3n) is 2.36. The zero-order chi connectivity index (χ0) is 14.7. The summed E-state index contributed by atoms with van der Waals surface area (Å²) >= 11 is 5.53. The molecule has 1 unspecified atom stereocenters. The third-order valence-corrected chi connectivity index (χ3v) is 4.30. The molecule has 0 bridgehead atoms. The Balaban J connectivity index is 2.96. The molecule has 108 valence electrons. The number of hydrogen-bond donors (Lipinski definition) is 1. The lowest BCUT2D eigenvalue weighted by atomic mass is 10.2. The summed E-state index contributed by atoms with van der Waals surface area (Å²) in [6, 6.07) is 3.60. The lowest BCUT2D eigenvalue weighted by Crippen LogP contribution is -2.29. The highest BCUT2D eigenvalue weighted by Gasteiger charge is 2.31. The van der Waals surface area contributed by atoms with Crippen LogP contribution < -0.4 is 4.72 Å². The molecule has 0 fully saturated rings. The summed E-state index contributed by atoms with van der Waals surface area (Å²) < 4.78 is 63.3. The first-order valence-corrected chi connectivity index (χ1v) is 7.41. The molecule has 8 heteroatoms. The van der Waals surface area contributed by atoms with Gasteiger partial charge in [-0.2, -0.15) is 13.2 Å². The Bertz CT molecular complexity index is 531. The van der Waals surface area contributed by atoms with Crippen molar-refractivity contribution in [2.75, 3.05) is 12.4 Å². The van der Waals surface area contributed by atoms with Crippen LogP contribution in [-0.2, 0) is 16.2 Å². The highest BCUT2D eigenvalue weighted by Crippen LogP contribution is 2.30. The summed E-state index contributed by atoms with van der Waals surface area (Å²) in [6.45, 7) is 1.80. The maximum atomic E-state index is 12.5. The van der Waals surface area contributed by atoms with Crippen molar-refractivity contribution in [1.82, 2.24) is 4.72 Å². The van der Waals surface area contributed by atoms with E-state index in [4.69, 9.17) is 11.6 Å². The van der Waals surface area contributed by atoms with Gasteiger partial charge in [-0.25, -0.2) is 13.1 Å². The van der Waals surface area contributed by atoms with Crippen molar-refractivity contribution in [2.45, 2.75) is 18.0 Å². The number of alkyl halides is 4. The van der Waals surface area contributed by atoms with Crippen LogP contribution in [0.1, 0.15) is 12.5 Å². The van der Waals surface area contributed by atoms with Crippen molar-refractivity contribution in [3.8, 4) is 0 Å². The molecule has 0 radical (unpaired) electrons. The molecule has 1 aromatic carbocycles. The second-order valence-corrected chi connectivity index (χ2v) is 6.21. The van der Waals surface area contributed by atoms with Gasteiger partial charge < -0.3 is 0 Å². The van der Waals surface area contributed by atoms with Crippen molar-refractivity contribution in [1.29, 1.82) is 0 Å². The highest BCUT2D eigenvalue weighted by molar-refractivity contribution is 7.89. The molecular formula is C11H13ClF3NO2S. The Kier molecular flexibility index (Phi) is 5.23. The molecule has 0 amide bonds. The van der Waals surface area contributed by atoms with E-state index in [1.807, 2.05) is 0 Å². The molecule has 0 aliphatic carbocycles. The van der Waals surface area contributed by atoms with Gasteiger partial charge in [0.05, 0.1) is 10.5 Å². The van der Waals surface area contributed by atoms with E-state index >= 15 is 0 Å². The first kappa shape index (κ1) is 16.3. The second kappa shape index (κ2) is 6.11. The molecule has 1 atom stereocenters. The largest absolute Gasteiger partial charge is 0.416 e. The minimum atomic E-state index is -4.57. The number of rotatable bonds is 5. The van der Waals surface area contributed by atoms with E-state index in [-0.39, 0.29) is 18.3 Å². The lowest BCUT2D eigenvalue weighted by molar-refractivity contribution is -0.137. The standard InChI is InChI=1S/C11H13ClF3NO2S/c1-8(6-12)7-16-19(17,18)10-4-2-3-9(5-10)11(13,14)15/h2-5,8,16H,6-7H2,1H3.